The van der Waals surface area contributed by atoms with Crippen LogP contribution < -0.4 is 9.64 Å². The molecular weight excluding hydrogens is 626 g/mol. The van der Waals surface area contributed by atoms with Gasteiger partial charge >= 0.3 is 0 Å². The fourth-order valence-electron chi connectivity index (χ4n) is 3.13. The highest BCUT2D eigenvalue weighted by Crippen LogP contribution is 2.40. The van der Waals surface area contributed by atoms with Crippen LogP contribution in [-0.2, 0) is 11.4 Å². The summed E-state index contributed by atoms with van der Waals surface area (Å²) >= 11 is 21.6. The van der Waals surface area contributed by atoms with Gasteiger partial charge in [-0.2, -0.15) is 0 Å². The lowest BCUT2D eigenvalue weighted by molar-refractivity contribution is -0.113. The molecule has 1 heterocycles. The Kier molecular flexibility index (Phi) is 8.25. The van der Waals surface area contributed by atoms with E-state index in [2.05, 4.69) is 31.9 Å². The minimum Gasteiger partial charge on any atom is -0.487 e. The predicted octanol–water partition coefficient (Wildman–Crippen LogP) is 8.57. The molecule has 0 N–H and O–H groups in total. The van der Waals surface area contributed by atoms with Crippen molar-refractivity contribution >= 4 is 101 Å². The van der Waals surface area contributed by atoms with Crippen LogP contribution in [0.25, 0.3) is 6.08 Å². The number of nitrogens with zero attached hydrogens (tertiary/aromatic N) is 1. The average molecular weight is 642 g/mol. The molecule has 0 saturated carbocycles. The van der Waals surface area contributed by atoms with Crippen LogP contribution in [0.15, 0.2) is 79.4 Å². The van der Waals surface area contributed by atoms with Crippen molar-refractivity contribution in [2.75, 3.05) is 11.2 Å². The van der Waals surface area contributed by atoms with Gasteiger partial charge in [0.2, 0.25) is 0 Å². The molecule has 0 spiro atoms. The number of thiocarbonyl (C=S) groups is 1. The van der Waals surface area contributed by atoms with Gasteiger partial charge in [0.15, 0.2) is 4.32 Å². The number of rotatable bonds is 6. The maximum atomic E-state index is 13.1. The SMILES string of the molecule is CSc1cccc(N2C(=O)/C(=C\c3cc(Br)c(OCc4ccc(Cl)cc4)c(Br)c3)SC2=S)c1. The zero-order chi connectivity index (χ0) is 23.5. The number of thioether (sulfide) groups is 2. The van der Waals surface area contributed by atoms with Gasteiger partial charge in [0.25, 0.3) is 5.91 Å². The Morgan fingerprint density at radius 2 is 1.82 bits per heavy atom. The number of halogens is 3. The molecule has 0 unspecified atom stereocenters. The predicted molar refractivity (Wildman–Crippen MR) is 152 cm³/mol. The molecule has 33 heavy (non-hydrogen) atoms. The minimum absolute atomic E-state index is 0.126. The van der Waals surface area contributed by atoms with E-state index in [0.717, 1.165) is 30.7 Å². The second-order valence-electron chi connectivity index (χ2n) is 6.95. The van der Waals surface area contributed by atoms with Gasteiger partial charge in [0.1, 0.15) is 12.4 Å². The topological polar surface area (TPSA) is 29.5 Å². The number of anilines is 1. The highest BCUT2D eigenvalue weighted by Gasteiger charge is 2.33. The molecular formula is C24H16Br2ClNO2S3. The van der Waals surface area contributed by atoms with Crippen molar-refractivity contribution < 1.29 is 9.53 Å². The van der Waals surface area contributed by atoms with Gasteiger partial charge in [-0.1, -0.05) is 53.8 Å². The first kappa shape index (κ1) is 24.8. The number of ether oxygens (including phenoxy) is 1. The number of hydrogen-bond donors (Lipinski definition) is 0. The van der Waals surface area contributed by atoms with Crippen molar-refractivity contribution in [2.24, 2.45) is 0 Å². The highest BCUT2D eigenvalue weighted by molar-refractivity contribution is 9.11. The van der Waals surface area contributed by atoms with E-state index < -0.39 is 0 Å². The molecule has 1 aliphatic rings. The van der Waals surface area contributed by atoms with Gasteiger partial charge < -0.3 is 4.74 Å². The van der Waals surface area contributed by atoms with Crippen molar-refractivity contribution in [3.8, 4) is 5.75 Å². The van der Waals surface area contributed by atoms with Crippen molar-refractivity contribution in [1.82, 2.24) is 0 Å². The standard InChI is InChI=1S/C24H16Br2ClNO2S3/c1-32-18-4-2-3-17(12-18)28-23(29)21(33-24(28)31)11-15-9-19(25)22(20(26)10-15)30-13-14-5-7-16(27)8-6-14/h2-12H,13H2,1H3/b21-11+. The summed E-state index contributed by atoms with van der Waals surface area (Å²) in [6, 6.07) is 19.2. The second kappa shape index (κ2) is 11.0. The van der Waals surface area contributed by atoms with Crippen LogP contribution >= 0.6 is 79.2 Å². The van der Waals surface area contributed by atoms with Crippen LogP contribution in [-0.4, -0.2) is 16.5 Å². The summed E-state index contributed by atoms with van der Waals surface area (Å²) in [5.74, 6) is 0.557. The lowest BCUT2D eigenvalue weighted by atomic mass is 10.2. The number of carbonyl (C=O) groups excluding carboxylic acids is 1. The zero-order valence-corrected chi connectivity index (χ0v) is 23.6. The normalized spacial score (nSPS) is 14.9. The van der Waals surface area contributed by atoms with Crippen molar-refractivity contribution in [3.05, 3.63) is 90.7 Å². The van der Waals surface area contributed by atoms with Crippen LogP contribution in [0.1, 0.15) is 11.1 Å². The van der Waals surface area contributed by atoms with Crippen molar-refractivity contribution in [2.45, 2.75) is 11.5 Å². The maximum Gasteiger partial charge on any atom is 0.270 e. The molecule has 1 saturated heterocycles. The van der Waals surface area contributed by atoms with Crippen molar-refractivity contribution in [1.29, 1.82) is 0 Å². The molecule has 4 rings (SSSR count). The van der Waals surface area contributed by atoms with E-state index in [9.17, 15) is 4.79 Å². The minimum atomic E-state index is -0.126. The van der Waals surface area contributed by atoms with E-state index in [0.29, 0.717) is 26.6 Å². The Morgan fingerprint density at radius 3 is 2.48 bits per heavy atom. The summed E-state index contributed by atoms with van der Waals surface area (Å²) in [5, 5.41) is 0.688. The molecule has 168 valence electrons. The molecule has 1 aliphatic heterocycles. The van der Waals surface area contributed by atoms with Crippen LogP contribution in [0, 0.1) is 0 Å². The first-order valence-corrected chi connectivity index (χ1v) is 14.1. The lowest BCUT2D eigenvalue weighted by Crippen LogP contribution is -2.27. The summed E-state index contributed by atoms with van der Waals surface area (Å²) in [4.78, 5) is 16.4. The summed E-state index contributed by atoms with van der Waals surface area (Å²) in [5.41, 5.74) is 2.64. The third kappa shape index (κ3) is 5.86. The fraction of sp³-hybridized carbons (Fsp3) is 0.0833. The van der Waals surface area contributed by atoms with Crippen LogP contribution in [0.5, 0.6) is 5.75 Å². The third-order valence-electron chi connectivity index (χ3n) is 4.72. The Labute approximate surface area is 228 Å². The molecule has 0 aromatic heterocycles. The first-order chi connectivity index (χ1) is 15.9. The molecule has 3 nitrogen and oxygen atoms in total. The average Bonchev–Trinajstić information content (AvgIpc) is 3.07. The van der Waals surface area contributed by atoms with Gasteiger partial charge in [-0.15, -0.1) is 11.8 Å². The molecule has 3 aromatic rings. The third-order valence-corrected chi connectivity index (χ3v) is 8.18. The Morgan fingerprint density at radius 1 is 1.12 bits per heavy atom. The van der Waals surface area contributed by atoms with E-state index in [1.807, 2.05) is 73.0 Å². The molecule has 3 aromatic carbocycles. The smallest absolute Gasteiger partial charge is 0.270 e. The van der Waals surface area contributed by atoms with Gasteiger partial charge in [-0.25, -0.2) is 0 Å². The van der Waals surface area contributed by atoms with E-state index in [-0.39, 0.29) is 5.91 Å². The molecule has 9 heteroatoms. The zero-order valence-electron chi connectivity index (χ0n) is 17.2. The van der Waals surface area contributed by atoms with E-state index in [1.54, 1.807) is 16.7 Å². The number of benzene rings is 3. The van der Waals surface area contributed by atoms with Gasteiger partial charge in [-0.3, -0.25) is 9.69 Å². The van der Waals surface area contributed by atoms with Crippen LogP contribution in [0.2, 0.25) is 5.02 Å². The molecule has 0 bridgehead atoms. The molecule has 0 aliphatic carbocycles. The van der Waals surface area contributed by atoms with Crippen LogP contribution in [0.3, 0.4) is 0 Å². The Hall–Kier alpha value is -1.29. The van der Waals surface area contributed by atoms with E-state index in [1.165, 1.54) is 11.8 Å². The summed E-state index contributed by atoms with van der Waals surface area (Å²) in [6.45, 7) is 0.404. The highest BCUT2D eigenvalue weighted by atomic mass is 79.9. The Bertz CT molecular complexity index is 1240. The summed E-state index contributed by atoms with van der Waals surface area (Å²) in [6.07, 6.45) is 3.85. The summed E-state index contributed by atoms with van der Waals surface area (Å²) in [7, 11) is 0. The Balaban J connectivity index is 1.54. The number of hydrogen-bond acceptors (Lipinski definition) is 5. The molecule has 1 amide bonds. The second-order valence-corrected chi connectivity index (χ2v) is 11.6. The fourth-order valence-corrected chi connectivity index (χ4v) is 6.46. The summed E-state index contributed by atoms with van der Waals surface area (Å²) < 4.78 is 8.07. The van der Waals surface area contributed by atoms with E-state index in [4.69, 9.17) is 28.6 Å². The van der Waals surface area contributed by atoms with Gasteiger partial charge in [0, 0.05) is 9.92 Å². The number of carbonyl (C=O) groups is 1. The number of amides is 1. The quantitative estimate of drug-likeness (QED) is 0.153. The molecule has 1 fully saturated rings. The monoisotopic (exact) mass is 639 g/mol. The van der Waals surface area contributed by atoms with Crippen LogP contribution in [0.4, 0.5) is 5.69 Å². The first-order valence-electron chi connectivity index (χ1n) is 9.64. The lowest BCUT2D eigenvalue weighted by Gasteiger charge is -2.15. The van der Waals surface area contributed by atoms with Gasteiger partial charge in [0.05, 0.1) is 19.5 Å². The van der Waals surface area contributed by atoms with E-state index >= 15 is 0 Å². The maximum absolute atomic E-state index is 13.1. The van der Waals surface area contributed by atoms with Crippen molar-refractivity contribution in [3.63, 3.8) is 0 Å². The molecule has 0 radical (unpaired) electrons. The molecule has 0 atom stereocenters. The van der Waals surface area contributed by atoms with Gasteiger partial charge in [-0.05, 0) is 97.8 Å². The largest absolute Gasteiger partial charge is 0.487 e.